The van der Waals surface area contributed by atoms with Crippen molar-refractivity contribution in [3.8, 4) is 0 Å². The fourth-order valence-corrected chi connectivity index (χ4v) is 2.02. The van der Waals surface area contributed by atoms with Crippen LogP contribution in [0.5, 0.6) is 0 Å². The number of hydrogen-bond donors (Lipinski definition) is 2. The molecule has 24 heavy (non-hydrogen) atoms. The fourth-order valence-electron chi connectivity index (χ4n) is 2.02. The molecule has 2 rings (SSSR count). The van der Waals surface area contributed by atoms with Gasteiger partial charge in [-0.1, -0.05) is 18.2 Å². The van der Waals surface area contributed by atoms with Gasteiger partial charge in [0.15, 0.2) is 0 Å². The first-order valence-electron chi connectivity index (χ1n) is 7.61. The molecule has 0 bridgehead atoms. The van der Waals surface area contributed by atoms with Crippen LogP contribution in [0.15, 0.2) is 48.5 Å². The maximum atomic E-state index is 13.4. The third-order valence-corrected chi connectivity index (χ3v) is 3.28. The van der Waals surface area contributed by atoms with Crippen LogP contribution in [-0.2, 0) is 16.1 Å². The van der Waals surface area contributed by atoms with Gasteiger partial charge >= 0.3 is 5.97 Å². The van der Waals surface area contributed by atoms with Gasteiger partial charge in [0, 0.05) is 17.8 Å². The van der Waals surface area contributed by atoms with Crippen molar-refractivity contribution in [2.45, 2.75) is 13.5 Å². The Hall–Kier alpha value is -2.89. The maximum absolute atomic E-state index is 13.4. The average molecular weight is 330 g/mol. The Morgan fingerprint density at radius 3 is 2.46 bits per heavy atom. The van der Waals surface area contributed by atoms with E-state index in [1.165, 1.54) is 6.07 Å². The second-order valence-electron chi connectivity index (χ2n) is 5.02. The Kier molecular flexibility index (Phi) is 6.31. The predicted octanol–water partition coefficient (Wildman–Crippen LogP) is 2.73. The van der Waals surface area contributed by atoms with Crippen molar-refractivity contribution in [2.75, 3.05) is 18.5 Å². The molecule has 2 aromatic carbocycles. The number of rotatable bonds is 7. The highest BCUT2D eigenvalue weighted by Crippen LogP contribution is 2.10. The molecular formula is C18H19FN2O3. The van der Waals surface area contributed by atoms with Crippen LogP contribution in [-0.4, -0.2) is 25.0 Å². The monoisotopic (exact) mass is 330 g/mol. The van der Waals surface area contributed by atoms with Gasteiger partial charge in [-0.05, 0) is 37.3 Å². The molecule has 0 heterocycles. The van der Waals surface area contributed by atoms with E-state index in [4.69, 9.17) is 4.74 Å². The van der Waals surface area contributed by atoms with Crippen molar-refractivity contribution in [1.29, 1.82) is 0 Å². The molecule has 0 aliphatic rings. The zero-order chi connectivity index (χ0) is 17.4. The minimum absolute atomic E-state index is 0.0488. The zero-order valence-electron chi connectivity index (χ0n) is 13.3. The van der Waals surface area contributed by atoms with Gasteiger partial charge in [-0.25, -0.2) is 9.18 Å². The van der Waals surface area contributed by atoms with Crippen molar-refractivity contribution in [3.63, 3.8) is 0 Å². The molecule has 0 aromatic heterocycles. The van der Waals surface area contributed by atoms with Crippen LogP contribution in [0.25, 0.3) is 0 Å². The van der Waals surface area contributed by atoms with E-state index in [9.17, 15) is 14.0 Å². The Balaban J connectivity index is 1.79. The quantitative estimate of drug-likeness (QED) is 0.766. The number of amides is 1. The Morgan fingerprint density at radius 1 is 1.08 bits per heavy atom. The highest BCUT2D eigenvalue weighted by Gasteiger charge is 2.07. The Morgan fingerprint density at radius 2 is 1.79 bits per heavy atom. The normalized spacial score (nSPS) is 10.1. The summed E-state index contributed by atoms with van der Waals surface area (Å²) in [5.74, 6) is -0.986. The lowest BCUT2D eigenvalue weighted by Gasteiger charge is -2.09. The maximum Gasteiger partial charge on any atom is 0.338 e. The number of carbonyl (C=O) groups excluding carboxylic acids is 2. The van der Waals surface area contributed by atoms with E-state index >= 15 is 0 Å². The van der Waals surface area contributed by atoms with Gasteiger partial charge in [-0.2, -0.15) is 0 Å². The SMILES string of the molecule is CCOC(=O)c1ccc(NCC(=O)NCc2ccccc2F)cc1. The van der Waals surface area contributed by atoms with Crippen molar-refractivity contribution in [2.24, 2.45) is 0 Å². The summed E-state index contributed by atoms with van der Waals surface area (Å²) in [6, 6.07) is 12.9. The van der Waals surface area contributed by atoms with Crippen molar-refractivity contribution in [1.82, 2.24) is 5.32 Å². The second-order valence-corrected chi connectivity index (χ2v) is 5.02. The van der Waals surface area contributed by atoms with Crippen LogP contribution in [0.3, 0.4) is 0 Å². The van der Waals surface area contributed by atoms with E-state index < -0.39 is 0 Å². The lowest BCUT2D eigenvalue weighted by Crippen LogP contribution is -2.29. The van der Waals surface area contributed by atoms with E-state index in [1.54, 1.807) is 49.4 Å². The highest BCUT2D eigenvalue weighted by atomic mass is 19.1. The van der Waals surface area contributed by atoms with Crippen LogP contribution in [0.1, 0.15) is 22.8 Å². The number of carbonyl (C=O) groups is 2. The van der Waals surface area contributed by atoms with E-state index in [-0.39, 0.29) is 30.8 Å². The molecule has 0 unspecified atom stereocenters. The third-order valence-electron chi connectivity index (χ3n) is 3.28. The molecule has 2 aromatic rings. The van der Waals surface area contributed by atoms with Crippen LogP contribution in [0, 0.1) is 5.82 Å². The first kappa shape index (κ1) is 17.5. The molecule has 126 valence electrons. The van der Waals surface area contributed by atoms with Gasteiger partial charge in [-0.3, -0.25) is 4.79 Å². The minimum atomic E-state index is -0.383. The first-order valence-corrected chi connectivity index (χ1v) is 7.61. The molecule has 0 fully saturated rings. The van der Waals surface area contributed by atoms with E-state index in [0.717, 1.165) is 0 Å². The molecular weight excluding hydrogens is 311 g/mol. The summed E-state index contributed by atoms with van der Waals surface area (Å²) < 4.78 is 18.3. The molecule has 0 saturated carbocycles. The molecule has 0 atom stereocenters. The lowest BCUT2D eigenvalue weighted by molar-refractivity contribution is -0.119. The molecule has 5 nitrogen and oxygen atoms in total. The Bertz CT molecular complexity index is 702. The van der Waals surface area contributed by atoms with E-state index in [1.807, 2.05) is 0 Å². The van der Waals surface area contributed by atoms with Crippen LogP contribution in [0.2, 0.25) is 0 Å². The number of ether oxygens (including phenoxy) is 1. The van der Waals surface area contributed by atoms with Crippen LogP contribution < -0.4 is 10.6 Å². The highest BCUT2D eigenvalue weighted by molar-refractivity contribution is 5.90. The number of nitrogens with one attached hydrogen (secondary N) is 2. The average Bonchev–Trinajstić information content (AvgIpc) is 2.60. The number of hydrogen-bond acceptors (Lipinski definition) is 4. The smallest absolute Gasteiger partial charge is 0.338 e. The minimum Gasteiger partial charge on any atom is -0.462 e. The first-order chi connectivity index (χ1) is 11.6. The van der Waals surface area contributed by atoms with E-state index in [2.05, 4.69) is 10.6 Å². The summed E-state index contributed by atoms with van der Waals surface area (Å²) in [7, 11) is 0. The fraction of sp³-hybridized carbons (Fsp3) is 0.222. The molecule has 2 N–H and O–H groups in total. The Labute approximate surface area is 139 Å². The van der Waals surface area contributed by atoms with Gasteiger partial charge < -0.3 is 15.4 Å². The molecule has 0 spiro atoms. The number of halogens is 1. The summed E-state index contributed by atoms with van der Waals surface area (Å²) in [4.78, 5) is 23.3. The van der Waals surface area contributed by atoms with Crippen molar-refractivity contribution >= 4 is 17.6 Å². The van der Waals surface area contributed by atoms with Gasteiger partial charge in [0.05, 0.1) is 18.7 Å². The van der Waals surface area contributed by atoms with Gasteiger partial charge in [0.25, 0.3) is 0 Å². The number of esters is 1. The molecule has 0 aliphatic heterocycles. The predicted molar refractivity (Wildman–Crippen MR) is 89.1 cm³/mol. The van der Waals surface area contributed by atoms with Gasteiger partial charge in [-0.15, -0.1) is 0 Å². The second kappa shape index (κ2) is 8.67. The summed E-state index contributed by atoms with van der Waals surface area (Å²) >= 11 is 0. The van der Waals surface area contributed by atoms with Crippen LogP contribution in [0.4, 0.5) is 10.1 Å². The lowest BCUT2D eigenvalue weighted by atomic mass is 10.2. The largest absolute Gasteiger partial charge is 0.462 e. The third kappa shape index (κ3) is 5.08. The summed E-state index contributed by atoms with van der Waals surface area (Å²) in [5, 5.41) is 5.58. The molecule has 0 radical (unpaired) electrons. The van der Waals surface area contributed by atoms with E-state index in [0.29, 0.717) is 23.4 Å². The van der Waals surface area contributed by atoms with Crippen LogP contribution >= 0.6 is 0 Å². The summed E-state index contributed by atoms with van der Waals surface area (Å²) in [6.45, 7) is 2.25. The van der Waals surface area contributed by atoms with Crippen molar-refractivity contribution < 1.29 is 18.7 Å². The molecule has 0 aliphatic carbocycles. The standard InChI is InChI=1S/C18H19FN2O3/c1-2-24-18(23)13-7-9-15(10-8-13)20-12-17(22)21-11-14-5-3-4-6-16(14)19/h3-10,20H,2,11-12H2,1H3,(H,21,22). The molecule has 6 heteroatoms. The van der Waals surface area contributed by atoms with Gasteiger partial charge in [0.2, 0.25) is 5.91 Å². The number of benzene rings is 2. The molecule has 0 saturated heterocycles. The summed E-state index contributed by atoms with van der Waals surface area (Å²) in [5.41, 5.74) is 1.58. The molecule has 1 amide bonds. The van der Waals surface area contributed by atoms with Crippen molar-refractivity contribution in [3.05, 3.63) is 65.5 Å². The van der Waals surface area contributed by atoms with Gasteiger partial charge in [0.1, 0.15) is 5.82 Å². The summed E-state index contributed by atoms with van der Waals surface area (Å²) in [6.07, 6.45) is 0. The zero-order valence-corrected chi connectivity index (χ0v) is 13.3. The topological polar surface area (TPSA) is 67.4 Å². The number of anilines is 1.